The van der Waals surface area contributed by atoms with Gasteiger partial charge in [0.05, 0.1) is 17.5 Å². The predicted molar refractivity (Wildman–Crippen MR) is 152 cm³/mol. The lowest BCUT2D eigenvalue weighted by Crippen LogP contribution is -2.29. The number of phenolic OH excluding ortho intramolecular Hbond substituents is 1. The number of nitrogens with one attached hydrogen (secondary N) is 2. The molecule has 5 N–H and O–H groups in total. The van der Waals surface area contributed by atoms with Crippen LogP contribution in [0.3, 0.4) is 0 Å². The van der Waals surface area contributed by atoms with Crippen molar-refractivity contribution in [3.8, 4) is 5.75 Å². The number of hydrogen-bond donors (Lipinski definition) is 4. The quantitative estimate of drug-likeness (QED) is 0.121. The van der Waals surface area contributed by atoms with Gasteiger partial charge in [-0.3, -0.25) is 10.1 Å². The van der Waals surface area contributed by atoms with Crippen molar-refractivity contribution in [3.63, 3.8) is 0 Å². The van der Waals surface area contributed by atoms with E-state index in [-0.39, 0.29) is 11.7 Å². The van der Waals surface area contributed by atoms with E-state index >= 15 is 0 Å². The molecule has 200 valence electrons. The molecule has 0 aliphatic rings. The molecule has 3 aromatic carbocycles. The van der Waals surface area contributed by atoms with Crippen LogP contribution in [0, 0.1) is 0 Å². The first kappa shape index (κ1) is 28.6. The predicted octanol–water partition coefficient (Wildman–Crippen LogP) is 6.37. The fourth-order valence-corrected chi connectivity index (χ4v) is 4.14. The summed E-state index contributed by atoms with van der Waals surface area (Å²) in [4.78, 5) is 26.2. The Morgan fingerprint density at radius 1 is 1.03 bits per heavy atom. The average molecular weight is 536 g/mol. The van der Waals surface area contributed by atoms with E-state index in [9.17, 15) is 14.7 Å². The number of phenols is 1. The summed E-state index contributed by atoms with van der Waals surface area (Å²) >= 11 is 1.61. The first-order chi connectivity index (χ1) is 18.4. The highest BCUT2D eigenvalue weighted by molar-refractivity contribution is 7.98. The Balaban J connectivity index is 1.68. The highest BCUT2D eigenvalue weighted by atomic mass is 32.2. The normalized spacial score (nSPS) is 12.6. The SMILES string of the molecule is CCO[C@H](CC/C=C/C(=O)Nc1ccccc1N)[C@H](OC(=O)Nc1ccc(SC)cc1)c1ccc(O)cc1. The molecule has 2 atom stereocenters. The molecule has 0 fully saturated rings. The van der Waals surface area contributed by atoms with Crippen LogP contribution in [0.5, 0.6) is 5.75 Å². The lowest BCUT2D eigenvalue weighted by Gasteiger charge is -2.27. The van der Waals surface area contributed by atoms with Gasteiger partial charge >= 0.3 is 6.09 Å². The topological polar surface area (TPSA) is 123 Å². The number of aromatic hydroxyl groups is 1. The van der Waals surface area contributed by atoms with Gasteiger partial charge in [0.2, 0.25) is 5.91 Å². The van der Waals surface area contributed by atoms with Gasteiger partial charge in [-0.25, -0.2) is 4.79 Å². The summed E-state index contributed by atoms with van der Waals surface area (Å²) in [5.74, 6) is -0.194. The summed E-state index contributed by atoms with van der Waals surface area (Å²) < 4.78 is 11.8. The molecule has 3 rings (SSSR count). The summed E-state index contributed by atoms with van der Waals surface area (Å²) in [6.07, 6.45) is 4.27. The van der Waals surface area contributed by atoms with Crippen LogP contribution in [0.1, 0.15) is 31.4 Å². The van der Waals surface area contributed by atoms with E-state index in [4.69, 9.17) is 15.2 Å². The monoisotopic (exact) mass is 535 g/mol. The van der Waals surface area contributed by atoms with Gasteiger partial charge in [0, 0.05) is 17.2 Å². The second kappa shape index (κ2) is 14.7. The number of hydrogen-bond acceptors (Lipinski definition) is 7. The zero-order valence-electron chi connectivity index (χ0n) is 21.4. The molecule has 8 nitrogen and oxygen atoms in total. The lowest BCUT2D eigenvalue weighted by atomic mass is 10.00. The average Bonchev–Trinajstić information content (AvgIpc) is 2.91. The smallest absolute Gasteiger partial charge is 0.412 e. The molecule has 38 heavy (non-hydrogen) atoms. The van der Waals surface area contributed by atoms with Crippen molar-refractivity contribution in [2.75, 3.05) is 29.2 Å². The van der Waals surface area contributed by atoms with Crippen LogP contribution in [-0.2, 0) is 14.3 Å². The van der Waals surface area contributed by atoms with E-state index in [0.29, 0.717) is 42.1 Å². The molecule has 0 bridgehead atoms. The highest BCUT2D eigenvalue weighted by Crippen LogP contribution is 2.29. The molecule has 0 aliphatic carbocycles. The number of amides is 2. The van der Waals surface area contributed by atoms with Crippen LogP contribution in [0.15, 0.2) is 89.8 Å². The number of rotatable bonds is 12. The number of anilines is 3. The van der Waals surface area contributed by atoms with Crippen LogP contribution >= 0.6 is 11.8 Å². The minimum atomic E-state index is -0.743. The molecule has 0 heterocycles. The molecule has 0 spiro atoms. The number of carbonyl (C=O) groups is 2. The van der Waals surface area contributed by atoms with E-state index < -0.39 is 18.3 Å². The zero-order chi connectivity index (χ0) is 27.3. The Bertz CT molecular complexity index is 1220. The van der Waals surface area contributed by atoms with Crippen molar-refractivity contribution < 1.29 is 24.2 Å². The summed E-state index contributed by atoms with van der Waals surface area (Å²) in [6, 6.07) is 20.9. The highest BCUT2D eigenvalue weighted by Gasteiger charge is 2.27. The van der Waals surface area contributed by atoms with Gasteiger partial charge in [0.15, 0.2) is 6.10 Å². The number of para-hydroxylation sites is 2. The van der Waals surface area contributed by atoms with Crippen molar-refractivity contribution in [1.82, 2.24) is 0 Å². The third kappa shape index (κ3) is 8.86. The first-order valence-electron chi connectivity index (χ1n) is 12.2. The molecule has 9 heteroatoms. The minimum absolute atomic E-state index is 0.104. The van der Waals surface area contributed by atoms with Gasteiger partial charge in [-0.1, -0.05) is 30.3 Å². The summed E-state index contributed by atoms with van der Waals surface area (Å²) in [5.41, 5.74) is 8.19. The van der Waals surface area contributed by atoms with E-state index in [1.165, 1.54) is 18.2 Å². The van der Waals surface area contributed by atoms with Gasteiger partial charge in [-0.15, -0.1) is 11.8 Å². The van der Waals surface area contributed by atoms with Crippen LogP contribution < -0.4 is 16.4 Å². The van der Waals surface area contributed by atoms with Crippen LogP contribution in [0.25, 0.3) is 0 Å². The van der Waals surface area contributed by atoms with Crippen molar-refractivity contribution in [1.29, 1.82) is 0 Å². The van der Waals surface area contributed by atoms with E-state index in [1.54, 1.807) is 54.2 Å². The molecule has 0 aromatic heterocycles. The molecule has 2 amide bonds. The van der Waals surface area contributed by atoms with Crippen LogP contribution in [0.2, 0.25) is 0 Å². The minimum Gasteiger partial charge on any atom is -0.508 e. The van der Waals surface area contributed by atoms with E-state index in [2.05, 4.69) is 10.6 Å². The number of nitrogen functional groups attached to an aromatic ring is 1. The number of benzene rings is 3. The zero-order valence-corrected chi connectivity index (χ0v) is 22.2. The summed E-state index contributed by atoms with van der Waals surface area (Å²) in [5, 5.41) is 15.2. The Labute approximate surface area is 227 Å². The summed E-state index contributed by atoms with van der Waals surface area (Å²) in [6.45, 7) is 2.26. The molecule has 3 aromatic rings. The van der Waals surface area contributed by atoms with Crippen molar-refractivity contribution in [2.24, 2.45) is 0 Å². The molecule has 0 saturated heterocycles. The van der Waals surface area contributed by atoms with E-state index in [0.717, 1.165) is 4.90 Å². The Morgan fingerprint density at radius 2 is 1.74 bits per heavy atom. The van der Waals surface area contributed by atoms with Gasteiger partial charge in [-0.05, 0) is 86.2 Å². The van der Waals surface area contributed by atoms with Crippen LogP contribution in [-0.4, -0.2) is 36.1 Å². The maximum absolute atomic E-state index is 12.8. The first-order valence-corrected chi connectivity index (χ1v) is 13.5. The molecule has 0 radical (unpaired) electrons. The summed E-state index contributed by atoms with van der Waals surface area (Å²) in [7, 11) is 0. The fourth-order valence-electron chi connectivity index (χ4n) is 3.73. The number of thioether (sulfide) groups is 1. The van der Waals surface area contributed by atoms with Crippen molar-refractivity contribution >= 4 is 40.8 Å². The van der Waals surface area contributed by atoms with Crippen LogP contribution in [0.4, 0.5) is 21.9 Å². The van der Waals surface area contributed by atoms with Gasteiger partial charge in [-0.2, -0.15) is 0 Å². The second-order valence-electron chi connectivity index (χ2n) is 8.32. The third-order valence-electron chi connectivity index (χ3n) is 5.62. The standard InChI is InChI=1S/C29H33N3O5S/c1-3-36-26(10-6-7-11-27(34)32-25-9-5-4-8-24(25)30)28(20-12-16-22(33)17-13-20)37-29(35)31-21-14-18-23(38-2)19-15-21/h4-5,7-9,11-19,26,28,33H,3,6,10,30H2,1-2H3,(H,31,35)(H,32,34)/b11-7+/t26-,28-/m1/s1. The van der Waals surface area contributed by atoms with Gasteiger partial charge < -0.3 is 25.6 Å². The Morgan fingerprint density at radius 3 is 2.39 bits per heavy atom. The fraction of sp³-hybridized carbons (Fsp3) is 0.241. The number of carbonyl (C=O) groups excluding carboxylic acids is 2. The molecule has 0 unspecified atom stereocenters. The number of ether oxygens (including phenoxy) is 2. The Kier molecular flexibility index (Phi) is 11.1. The third-order valence-corrected chi connectivity index (χ3v) is 6.36. The molecular formula is C29H33N3O5S. The van der Waals surface area contributed by atoms with Gasteiger partial charge in [0.1, 0.15) is 5.75 Å². The van der Waals surface area contributed by atoms with Crippen molar-refractivity contribution in [3.05, 3.63) is 90.5 Å². The molecule has 0 saturated carbocycles. The molecular weight excluding hydrogens is 502 g/mol. The lowest BCUT2D eigenvalue weighted by molar-refractivity contribution is -0.111. The number of allylic oxidation sites excluding steroid dienone is 1. The maximum Gasteiger partial charge on any atom is 0.412 e. The maximum atomic E-state index is 12.8. The van der Waals surface area contributed by atoms with Crippen molar-refractivity contribution in [2.45, 2.75) is 36.9 Å². The van der Waals surface area contributed by atoms with Gasteiger partial charge in [0.25, 0.3) is 0 Å². The largest absolute Gasteiger partial charge is 0.508 e. The number of nitrogens with two attached hydrogens (primary N) is 1. The molecule has 0 aliphatic heterocycles. The Hall–Kier alpha value is -3.95. The van der Waals surface area contributed by atoms with E-state index in [1.807, 2.05) is 37.4 Å². The second-order valence-corrected chi connectivity index (χ2v) is 9.20.